The van der Waals surface area contributed by atoms with Gasteiger partial charge in [0, 0.05) is 18.8 Å². The molecule has 7 heteroatoms. The first-order valence-corrected chi connectivity index (χ1v) is 9.56. The predicted octanol–water partition coefficient (Wildman–Crippen LogP) is 1.93. The van der Waals surface area contributed by atoms with Crippen LogP contribution >= 0.6 is 0 Å². The minimum atomic E-state index is -3.50. The molecule has 0 bridgehead atoms. The fourth-order valence-corrected chi connectivity index (χ4v) is 4.23. The molecule has 1 heterocycles. The van der Waals surface area contributed by atoms with Crippen molar-refractivity contribution in [3.8, 4) is 0 Å². The van der Waals surface area contributed by atoms with Gasteiger partial charge in [0.25, 0.3) is 0 Å². The van der Waals surface area contributed by atoms with E-state index < -0.39 is 16.1 Å². The first-order chi connectivity index (χ1) is 10.9. The third kappa shape index (κ3) is 4.53. The Morgan fingerprint density at radius 1 is 1.30 bits per heavy atom. The number of piperidine rings is 1. The lowest BCUT2D eigenvalue weighted by molar-refractivity contribution is -0.117. The topological polar surface area (TPSA) is 92.5 Å². The van der Waals surface area contributed by atoms with Gasteiger partial charge in [-0.1, -0.05) is 25.8 Å². The van der Waals surface area contributed by atoms with Gasteiger partial charge in [0.2, 0.25) is 15.9 Å². The number of carbonyl (C=O) groups excluding carboxylic acids is 1. The third-order valence-corrected chi connectivity index (χ3v) is 5.89. The van der Waals surface area contributed by atoms with Crippen LogP contribution in [0.25, 0.3) is 0 Å². The molecule has 1 aliphatic heterocycles. The highest BCUT2D eigenvalue weighted by Crippen LogP contribution is 2.23. The predicted molar refractivity (Wildman–Crippen MR) is 90.6 cm³/mol. The van der Waals surface area contributed by atoms with Crippen LogP contribution in [0.3, 0.4) is 0 Å². The molecule has 128 valence electrons. The summed E-state index contributed by atoms with van der Waals surface area (Å²) in [5.74, 6) is -0.292. The summed E-state index contributed by atoms with van der Waals surface area (Å²) < 4.78 is 26.8. The third-order valence-electron chi connectivity index (χ3n) is 3.99. The molecular formula is C16H25N3O3S. The molecule has 1 aliphatic rings. The number of amides is 1. The van der Waals surface area contributed by atoms with E-state index in [1.165, 1.54) is 10.4 Å². The van der Waals surface area contributed by atoms with E-state index in [1.807, 2.05) is 6.92 Å². The molecule has 3 N–H and O–H groups in total. The van der Waals surface area contributed by atoms with Crippen molar-refractivity contribution in [3.05, 3.63) is 24.3 Å². The van der Waals surface area contributed by atoms with E-state index in [9.17, 15) is 13.2 Å². The smallest absolute Gasteiger partial charge is 0.243 e. The molecule has 6 nitrogen and oxygen atoms in total. The van der Waals surface area contributed by atoms with Gasteiger partial charge in [-0.05, 0) is 37.5 Å². The molecule has 1 aromatic rings. The Balaban J connectivity index is 2.14. The molecule has 1 unspecified atom stereocenters. The van der Waals surface area contributed by atoms with Crippen molar-refractivity contribution in [3.63, 3.8) is 0 Å². The molecule has 1 fully saturated rings. The van der Waals surface area contributed by atoms with Gasteiger partial charge in [0.05, 0.1) is 10.9 Å². The van der Waals surface area contributed by atoms with Gasteiger partial charge >= 0.3 is 0 Å². The highest BCUT2D eigenvalue weighted by molar-refractivity contribution is 7.89. The lowest BCUT2D eigenvalue weighted by atomic mass is 10.1. The number of benzene rings is 1. The lowest BCUT2D eigenvalue weighted by Crippen LogP contribution is -2.36. The second kappa shape index (κ2) is 7.90. The minimum absolute atomic E-state index is 0.210. The second-order valence-corrected chi connectivity index (χ2v) is 7.81. The largest absolute Gasteiger partial charge is 0.325 e. The van der Waals surface area contributed by atoms with Crippen LogP contribution < -0.4 is 11.1 Å². The quantitative estimate of drug-likeness (QED) is 0.828. The molecule has 0 aromatic heterocycles. The second-order valence-electron chi connectivity index (χ2n) is 5.88. The van der Waals surface area contributed by atoms with Crippen LogP contribution in [0.1, 0.15) is 39.0 Å². The zero-order valence-electron chi connectivity index (χ0n) is 13.5. The van der Waals surface area contributed by atoms with Crippen molar-refractivity contribution < 1.29 is 13.2 Å². The van der Waals surface area contributed by atoms with Crippen molar-refractivity contribution in [1.29, 1.82) is 0 Å². The van der Waals surface area contributed by atoms with Crippen molar-refractivity contribution in [1.82, 2.24) is 4.31 Å². The first-order valence-electron chi connectivity index (χ1n) is 8.12. The van der Waals surface area contributed by atoms with Crippen molar-refractivity contribution in [2.75, 3.05) is 18.4 Å². The Hall–Kier alpha value is -1.44. The summed E-state index contributed by atoms with van der Waals surface area (Å²) in [4.78, 5) is 12.2. The summed E-state index contributed by atoms with van der Waals surface area (Å²) in [5.41, 5.74) is 6.24. The molecule has 0 saturated carbocycles. The summed E-state index contributed by atoms with van der Waals surface area (Å²) in [7, 11) is -3.50. The first kappa shape index (κ1) is 17.9. The van der Waals surface area contributed by atoms with Gasteiger partial charge in [-0.25, -0.2) is 8.42 Å². The minimum Gasteiger partial charge on any atom is -0.325 e. The summed E-state index contributed by atoms with van der Waals surface area (Å²) in [5, 5.41) is 2.70. The maximum Gasteiger partial charge on any atom is 0.243 e. The van der Waals surface area contributed by atoms with Gasteiger partial charge in [-0.3, -0.25) is 4.79 Å². The Bertz CT molecular complexity index is 640. The van der Waals surface area contributed by atoms with Crippen LogP contribution in [0, 0.1) is 0 Å². The lowest BCUT2D eigenvalue weighted by Gasteiger charge is -2.26. The maximum atomic E-state index is 12.7. The average molecular weight is 339 g/mol. The zero-order chi connectivity index (χ0) is 16.9. The van der Waals surface area contributed by atoms with Gasteiger partial charge in [-0.15, -0.1) is 0 Å². The van der Waals surface area contributed by atoms with Gasteiger partial charge in [0.1, 0.15) is 0 Å². The molecule has 23 heavy (non-hydrogen) atoms. The Morgan fingerprint density at radius 2 is 2.00 bits per heavy atom. The van der Waals surface area contributed by atoms with E-state index in [-0.39, 0.29) is 10.8 Å². The van der Waals surface area contributed by atoms with Gasteiger partial charge < -0.3 is 11.1 Å². The van der Waals surface area contributed by atoms with Crippen molar-refractivity contribution >= 4 is 21.6 Å². The number of nitrogens with one attached hydrogen (secondary N) is 1. The highest BCUT2D eigenvalue weighted by Gasteiger charge is 2.26. The number of hydrogen-bond acceptors (Lipinski definition) is 4. The number of carbonyl (C=O) groups is 1. The van der Waals surface area contributed by atoms with Crippen LogP contribution in [0.2, 0.25) is 0 Å². The Kier molecular flexibility index (Phi) is 6.15. The normalized spacial score (nSPS) is 17.7. The van der Waals surface area contributed by atoms with E-state index >= 15 is 0 Å². The molecule has 2 rings (SSSR count). The van der Waals surface area contributed by atoms with Crippen LogP contribution in [0.5, 0.6) is 0 Å². The van der Waals surface area contributed by atoms with Crippen LogP contribution in [0.4, 0.5) is 5.69 Å². The Morgan fingerprint density at radius 3 is 2.65 bits per heavy atom. The highest BCUT2D eigenvalue weighted by atomic mass is 32.2. The van der Waals surface area contributed by atoms with Gasteiger partial charge in [0.15, 0.2) is 0 Å². The average Bonchev–Trinajstić information content (AvgIpc) is 2.56. The van der Waals surface area contributed by atoms with E-state index in [1.54, 1.807) is 18.2 Å². The molecule has 1 atom stereocenters. The van der Waals surface area contributed by atoms with Crippen LogP contribution in [-0.2, 0) is 14.8 Å². The number of anilines is 1. The SMILES string of the molecule is CCCC(N)C(=O)Nc1cccc(S(=O)(=O)N2CCCCC2)c1. The number of hydrogen-bond donors (Lipinski definition) is 2. The monoisotopic (exact) mass is 339 g/mol. The fraction of sp³-hybridized carbons (Fsp3) is 0.562. The summed E-state index contributed by atoms with van der Waals surface area (Å²) in [6, 6.07) is 5.79. The van der Waals surface area contributed by atoms with Gasteiger partial charge in [-0.2, -0.15) is 4.31 Å². The molecule has 0 aliphatic carbocycles. The van der Waals surface area contributed by atoms with E-state index in [0.717, 1.165) is 25.7 Å². The molecule has 0 spiro atoms. The zero-order valence-corrected chi connectivity index (χ0v) is 14.3. The number of nitrogens with two attached hydrogens (primary N) is 1. The molecule has 1 aromatic carbocycles. The number of nitrogens with zero attached hydrogens (tertiary/aromatic N) is 1. The van der Waals surface area contributed by atoms with E-state index in [4.69, 9.17) is 5.73 Å². The number of rotatable bonds is 6. The van der Waals surface area contributed by atoms with E-state index in [0.29, 0.717) is 25.2 Å². The summed E-state index contributed by atoms with van der Waals surface area (Å²) in [6.07, 6.45) is 4.26. The molecule has 0 radical (unpaired) electrons. The number of sulfonamides is 1. The van der Waals surface area contributed by atoms with E-state index in [2.05, 4.69) is 5.32 Å². The molecular weight excluding hydrogens is 314 g/mol. The maximum absolute atomic E-state index is 12.7. The summed E-state index contributed by atoms with van der Waals surface area (Å²) >= 11 is 0. The molecule has 1 saturated heterocycles. The standard InChI is InChI=1S/C16H25N3O3S/c1-2-7-15(17)16(20)18-13-8-6-9-14(12-13)23(21,22)19-10-4-3-5-11-19/h6,8-9,12,15H,2-5,7,10-11,17H2,1H3,(H,18,20). The van der Waals surface area contributed by atoms with Crippen molar-refractivity contribution in [2.45, 2.75) is 50.0 Å². The van der Waals surface area contributed by atoms with Crippen LogP contribution in [0.15, 0.2) is 29.2 Å². The summed E-state index contributed by atoms with van der Waals surface area (Å²) in [6.45, 7) is 3.07. The van der Waals surface area contributed by atoms with Crippen LogP contribution in [-0.4, -0.2) is 37.8 Å². The molecule has 1 amide bonds. The van der Waals surface area contributed by atoms with Crippen molar-refractivity contribution in [2.24, 2.45) is 5.73 Å². The fourth-order valence-electron chi connectivity index (χ4n) is 2.67. The Labute approximate surface area is 138 Å².